The van der Waals surface area contributed by atoms with Crippen molar-refractivity contribution in [2.75, 3.05) is 40.9 Å². The van der Waals surface area contributed by atoms with Gasteiger partial charge >= 0.3 is 0 Å². The lowest BCUT2D eigenvalue weighted by molar-refractivity contribution is -0.870. The van der Waals surface area contributed by atoms with E-state index in [9.17, 15) is 5.11 Å². The summed E-state index contributed by atoms with van der Waals surface area (Å²) in [6, 6.07) is 0. The zero-order valence-electron chi connectivity index (χ0n) is 19.0. The SMILES string of the molecule is CCCCCCC1(O)CCCCCCCCCCCO1.C[N+](C)(C)CCO. The third kappa shape index (κ3) is 18.9. The highest BCUT2D eigenvalue weighted by Gasteiger charge is 2.26. The molecule has 0 aromatic rings. The van der Waals surface area contributed by atoms with Gasteiger partial charge in [-0.15, -0.1) is 0 Å². The summed E-state index contributed by atoms with van der Waals surface area (Å²) in [7, 11) is 6.16. The van der Waals surface area contributed by atoms with Gasteiger partial charge in [0.05, 0.1) is 34.4 Å². The van der Waals surface area contributed by atoms with Crippen LogP contribution in [0.25, 0.3) is 0 Å². The minimum absolute atomic E-state index is 0.281. The van der Waals surface area contributed by atoms with E-state index in [1.54, 1.807) is 0 Å². The van der Waals surface area contributed by atoms with Crippen molar-refractivity contribution in [3.63, 3.8) is 0 Å². The lowest BCUT2D eigenvalue weighted by Crippen LogP contribution is -2.36. The number of likely N-dealkylation sites (N-methyl/N-ethyl adjacent to an activating group) is 1. The summed E-state index contributed by atoms with van der Waals surface area (Å²) in [5, 5.41) is 19.1. The van der Waals surface area contributed by atoms with Crippen molar-refractivity contribution in [2.24, 2.45) is 0 Å². The number of rotatable bonds is 7. The molecule has 1 saturated heterocycles. The van der Waals surface area contributed by atoms with Crippen LogP contribution in [0.4, 0.5) is 0 Å². The van der Waals surface area contributed by atoms with E-state index in [0.29, 0.717) is 0 Å². The highest BCUT2D eigenvalue weighted by molar-refractivity contribution is 4.69. The van der Waals surface area contributed by atoms with Gasteiger partial charge in [-0.05, 0) is 19.3 Å². The maximum Gasteiger partial charge on any atom is 0.165 e. The average molecular weight is 389 g/mol. The normalized spacial score (nSPS) is 23.3. The summed E-state index contributed by atoms with van der Waals surface area (Å²) in [5.41, 5.74) is 0. The molecule has 1 rings (SSSR count). The molecule has 2 N–H and O–H groups in total. The van der Waals surface area contributed by atoms with E-state index in [1.807, 2.05) is 0 Å². The fraction of sp³-hybridized carbons (Fsp3) is 1.00. The Kier molecular flexibility index (Phi) is 16.7. The van der Waals surface area contributed by atoms with E-state index in [4.69, 9.17) is 9.84 Å². The van der Waals surface area contributed by atoms with Gasteiger partial charge < -0.3 is 19.4 Å². The van der Waals surface area contributed by atoms with E-state index in [2.05, 4.69) is 28.1 Å². The van der Waals surface area contributed by atoms with Crippen LogP contribution in [0.2, 0.25) is 0 Å². The first-order chi connectivity index (χ1) is 12.8. The number of aliphatic hydroxyl groups excluding tert-OH is 1. The number of unbranched alkanes of at least 4 members (excludes halogenated alkanes) is 3. The van der Waals surface area contributed by atoms with E-state index in [1.165, 1.54) is 64.2 Å². The molecule has 0 aliphatic carbocycles. The van der Waals surface area contributed by atoms with Crippen LogP contribution in [-0.2, 0) is 4.74 Å². The minimum Gasteiger partial charge on any atom is -0.391 e. The minimum atomic E-state index is -0.832. The van der Waals surface area contributed by atoms with Gasteiger partial charge in [-0.1, -0.05) is 71.1 Å². The molecule has 1 atom stereocenters. The van der Waals surface area contributed by atoms with Gasteiger partial charge in [-0.2, -0.15) is 0 Å². The molecule has 0 radical (unpaired) electrons. The quantitative estimate of drug-likeness (QED) is 0.462. The van der Waals surface area contributed by atoms with Crippen LogP contribution in [0.5, 0.6) is 0 Å². The Morgan fingerprint density at radius 3 is 1.85 bits per heavy atom. The number of ether oxygens (including phenoxy) is 1. The average Bonchev–Trinajstić information content (AvgIpc) is 2.61. The highest BCUT2D eigenvalue weighted by atomic mass is 16.6. The van der Waals surface area contributed by atoms with Crippen LogP contribution in [0, 0.1) is 0 Å². The van der Waals surface area contributed by atoms with Crippen molar-refractivity contribution in [1.82, 2.24) is 0 Å². The summed E-state index contributed by atoms with van der Waals surface area (Å²) in [4.78, 5) is 0. The Hall–Kier alpha value is -0.160. The third-order valence-corrected chi connectivity index (χ3v) is 5.27. The van der Waals surface area contributed by atoms with Crippen molar-refractivity contribution < 1.29 is 19.4 Å². The Morgan fingerprint density at radius 2 is 1.37 bits per heavy atom. The van der Waals surface area contributed by atoms with E-state index in [-0.39, 0.29) is 6.61 Å². The van der Waals surface area contributed by atoms with Crippen LogP contribution < -0.4 is 0 Å². The Balaban J connectivity index is 0.000000821. The molecule has 4 nitrogen and oxygen atoms in total. The molecule has 0 amide bonds. The predicted molar refractivity (Wildman–Crippen MR) is 116 cm³/mol. The smallest absolute Gasteiger partial charge is 0.165 e. The molecule has 1 unspecified atom stereocenters. The topological polar surface area (TPSA) is 49.7 Å². The van der Waals surface area contributed by atoms with Crippen LogP contribution in [0.3, 0.4) is 0 Å². The number of quaternary nitrogens is 1. The monoisotopic (exact) mass is 388 g/mol. The van der Waals surface area contributed by atoms with Gasteiger partial charge in [0.1, 0.15) is 6.54 Å². The maximum absolute atomic E-state index is 10.7. The van der Waals surface area contributed by atoms with Crippen LogP contribution in [0.1, 0.15) is 103 Å². The van der Waals surface area contributed by atoms with E-state index in [0.717, 1.165) is 49.7 Å². The summed E-state index contributed by atoms with van der Waals surface area (Å²) in [6.45, 7) is 4.08. The number of hydrogen-bond donors (Lipinski definition) is 2. The first-order valence-corrected chi connectivity index (χ1v) is 11.6. The van der Waals surface area contributed by atoms with Crippen molar-refractivity contribution in [2.45, 2.75) is 109 Å². The molecule has 1 fully saturated rings. The molecule has 1 heterocycles. The number of hydrogen-bond acceptors (Lipinski definition) is 3. The van der Waals surface area contributed by atoms with Crippen molar-refractivity contribution in [3.8, 4) is 0 Å². The molecule has 0 bridgehead atoms. The largest absolute Gasteiger partial charge is 0.391 e. The van der Waals surface area contributed by atoms with E-state index >= 15 is 0 Å². The zero-order valence-corrected chi connectivity index (χ0v) is 19.0. The summed E-state index contributed by atoms with van der Waals surface area (Å²) in [6.07, 6.45) is 18.0. The van der Waals surface area contributed by atoms with Gasteiger partial charge in [-0.25, -0.2) is 0 Å². The fourth-order valence-corrected chi connectivity index (χ4v) is 3.40. The Morgan fingerprint density at radius 1 is 0.815 bits per heavy atom. The molecule has 0 spiro atoms. The molecule has 1 aliphatic heterocycles. The number of nitrogens with zero attached hydrogens (tertiary/aromatic N) is 1. The lowest BCUT2D eigenvalue weighted by atomic mass is 9.99. The summed E-state index contributed by atoms with van der Waals surface area (Å²) in [5.74, 6) is -0.832. The summed E-state index contributed by atoms with van der Waals surface area (Å²) < 4.78 is 6.72. The van der Waals surface area contributed by atoms with Crippen LogP contribution >= 0.6 is 0 Å². The molecule has 0 aromatic heterocycles. The molecule has 4 heteroatoms. The van der Waals surface area contributed by atoms with Crippen molar-refractivity contribution in [3.05, 3.63) is 0 Å². The second kappa shape index (κ2) is 16.8. The van der Waals surface area contributed by atoms with Crippen molar-refractivity contribution in [1.29, 1.82) is 0 Å². The molecule has 0 aromatic carbocycles. The molecule has 27 heavy (non-hydrogen) atoms. The molecule has 0 saturated carbocycles. The predicted octanol–water partition coefficient (Wildman–Crippen LogP) is 5.26. The maximum atomic E-state index is 10.7. The van der Waals surface area contributed by atoms with Gasteiger partial charge in [-0.3, -0.25) is 0 Å². The first-order valence-electron chi connectivity index (χ1n) is 11.6. The zero-order chi connectivity index (χ0) is 20.4. The molecular formula is C23H50NO3+. The fourth-order valence-electron chi connectivity index (χ4n) is 3.40. The second-order valence-corrected chi connectivity index (χ2v) is 9.27. The second-order valence-electron chi connectivity index (χ2n) is 9.27. The standard InChI is InChI=1S/C18H36O2.C5H14NO/c1-2-3-4-12-15-18(19)16-13-10-8-6-5-7-9-11-14-17-20-18;1-6(2,3)4-5-7/h19H,2-17H2,1H3;7H,4-5H2,1-3H3/q;+1. The van der Waals surface area contributed by atoms with E-state index < -0.39 is 5.79 Å². The molecular weight excluding hydrogens is 338 g/mol. The van der Waals surface area contributed by atoms with Gasteiger partial charge in [0.15, 0.2) is 5.79 Å². The van der Waals surface area contributed by atoms with Crippen LogP contribution in [-0.4, -0.2) is 61.4 Å². The third-order valence-electron chi connectivity index (χ3n) is 5.27. The van der Waals surface area contributed by atoms with Gasteiger partial charge in [0.2, 0.25) is 0 Å². The first kappa shape index (κ1) is 26.8. The molecule has 1 aliphatic rings. The Labute approximate surface area is 169 Å². The lowest BCUT2D eigenvalue weighted by Gasteiger charge is -2.28. The van der Waals surface area contributed by atoms with Crippen molar-refractivity contribution >= 4 is 0 Å². The van der Waals surface area contributed by atoms with Crippen LogP contribution in [0.15, 0.2) is 0 Å². The number of aliphatic hydroxyl groups is 2. The summed E-state index contributed by atoms with van der Waals surface area (Å²) >= 11 is 0. The Bertz CT molecular complexity index is 301. The molecule has 164 valence electrons. The van der Waals surface area contributed by atoms with Gasteiger partial charge in [0, 0.05) is 12.8 Å². The van der Waals surface area contributed by atoms with Gasteiger partial charge in [0.25, 0.3) is 0 Å². The highest BCUT2D eigenvalue weighted by Crippen LogP contribution is 2.25.